The summed E-state index contributed by atoms with van der Waals surface area (Å²) in [7, 11) is 0. The first-order chi connectivity index (χ1) is 19.7. The summed E-state index contributed by atoms with van der Waals surface area (Å²) in [6.07, 6.45) is 1.67. The molecule has 0 aliphatic carbocycles. The minimum atomic E-state index is -0.445. The summed E-state index contributed by atoms with van der Waals surface area (Å²) >= 11 is 1.43. The van der Waals surface area contributed by atoms with Crippen molar-refractivity contribution in [2.24, 2.45) is 0 Å². The first-order valence-corrected chi connectivity index (χ1v) is 14.2. The summed E-state index contributed by atoms with van der Waals surface area (Å²) in [5, 5.41) is 8.33. The van der Waals surface area contributed by atoms with Crippen molar-refractivity contribution in [2.75, 3.05) is 10.6 Å². The minimum Gasteiger partial charge on any atom is -0.325 e. The second-order valence-electron chi connectivity index (χ2n) is 9.78. The molecule has 0 radical (unpaired) electrons. The van der Waals surface area contributed by atoms with Crippen LogP contribution in [0.2, 0.25) is 0 Å². The summed E-state index contributed by atoms with van der Waals surface area (Å²) in [5.41, 5.74) is 5.86. The third-order valence-electron chi connectivity index (χ3n) is 6.46. The molecule has 41 heavy (non-hydrogen) atoms. The van der Waals surface area contributed by atoms with Gasteiger partial charge in [0.2, 0.25) is 5.91 Å². The van der Waals surface area contributed by atoms with Gasteiger partial charge in [-0.2, -0.15) is 0 Å². The average Bonchev–Trinajstić information content (AvgIpc) is 2.97. The lowest BCUT2D eigenvalue weighted by molar-refractivity contribution is -0.115. The molecule has 4 rings (SSSR count). The molecule has 0 fully saturated rings. The van der Waals surface area contributed by atoms with E-state index in [0.29, 0.717) is 11.3 Å². The van der Waals surface area contributed by atoms with E-state index in [0.717, 1.165) is 32.8 Å². The van der Waals surface area contributed by atoms with Crippen LogP contribution < -0.4 is 16.0 Å². The van der Waals surface area contributed by atoms with Gasteiger partial charge in [0.15, 0.2) is 0 Å². The quantitative estimate of drug-likeness (QED) is 0.149. The van der Waals surface area contributed by atoms with E-state index in [4.69, 9.17) is 0 Å². The van der Waals surface area contributed by atoms with Crippen LogP contribution in [0.15, 0.2) is 108 Å². The van der Waals surface area contributed by atoms with E-state index in [-0.39, 0.29) is 22.8 Å². The van der Waals surface area contributed by atoms with Crippen LogP contribution in [0.1, 0.15) is 39.5 Å². The van der Waals surface area contributed by atoms with Gasteiger partial charge in [0.1, 0.15) is 5.70 Å². The molecule has 0 spiro atoms. The Morgan fingerprint density at radius 1 is 0.756 bits per heavy atom. The zero-order chi connectivity index (χ0) is 29.4. The Balaban J connectivity index is 1.44. The number of carbonyl (C=O) groups is 3. The maximum Gasteiger partial charge on any atom is 0.272 e. The van der Waals surface area contributed by atoms with E-state index in [1.807, 2.05) is 88.4 Å². The van der Waals surface area contributed by atoms with E-state index < -0.39 is 5.91 Å². The van der Waals surface area contributed by atoms with Crippen molar-refractivity contribution in [1.29, 1.82) is 0 Å². The van der Waals surface area contributed by atoms with Crippen molar-refractivity contribution in [1.82, 2.24) is 5.32 Å². The number of amides is 3. The number of hydrogen-bond acceptors (Lipinski definition) is 4. The first-order valence-electron chi connectivity index (χ1n) is 13.3. The van der Waals surface area contributed by atoms with Crippen molar-refractivity contribution in [3.63, 3.8) is 0 Å². The molecular weight excluding hydrogens is 530 g/mol. The molecule has 208 valence electrons. The number of thioether (sulfide) groups is 1. The van der Waals surface area contributed by atoms with Crippen molar-refractivity contribution in [3.05, 3.63) is 131 Å². The molecule has 4 aromatic rings. The smallest absolute Gasteiger partial charge is 0.272 e. The highest BCUT2D eigenvalue weighted by Gasteiger charge is 2.17. The zero-order valence-electron chi connectivity index (χ0n) is 23.5. The lowest BCUT2D eigenvalue weighted by Crippen LogP contribution is -2.30. The molecule has 1 unspecified atom stereocenters. The summed E-state index contributed by atoms with van der Waals surface area (Å²) in [6.45, 7) is 7.76. The largest absolute Gasteiger partial charge is 0.325 e. The van der Waals surface area contributed by atoms with Crippen molar-refractivity contribution < 1.29 is 14.4 Å². The number of anilines is 2. The molecule has 0 aliphatic rings. The highest BCUT2D eigenvalue weighted by atomic mass is 32.2. The summed E-state index contributed by atoms with van der Waals surface area (Å²) in [5.74, 6) is -0.902. The van der Waals surface area contributed by atoms with Gasteiger partial charge in [0.25, 0.3) is 11.8 Å². The van der Waals surface area contributed by atoms with Crippen LogP contribution in [0.3, 0.4) is 0 Å². The Labute approximate surface area is 245 Å². The summed E-state index contributed by atoms with van der Waals surface area (Å²) < 4.78 is 0. The molecular formula is C34H33N3O3S. The molecule has 4 aromatic carbocycles. The van der Waals surface area contributed by atoms with E-state index in [1.54, 1.807) is 42.5 Å². The molecule has 3 amide bonds. The maximum absolute atomic E-state index is 13.3. The van der Waals surface area contributed by atoms with Crippen LogP contribution in [-0.4, -0.2) is 23.0 Å². The Morgan fingerprint density at radius 3 is 2.15 bits per heavy atom. The fraction of sp³-hybridized carbons (Fsp3) is 0.147. The molecule has 0 bridgehead atoms. The Morgan fingerprint density at radius 2 is 1.44 bits per heavy atom. The van der Waals surface area contributed by atoms with Crippen molar-refractivity contribution in [2.45, 2.75) is 37.8 Å². The van der Waals surface area contributed by atoms with Gasteiger partial charge < -0.3 is 16.0 Å². The summed E-state index contributed by atoms with van der Waals surface area (Å²) in [6, 6.07) is 29.6. The molecule has 0 aliphatic heterocycles. The van der Waals surface area contributed by atoms with E-state index in [9.17, 15) is 14.4 Å². The number of benzene rings is 4. The van der Waals surface area contributed by atoms with Gasteiger partial charge in [-0.25, -0.2) is 0 Å². The number of rotatable bonds is 9. The number of carbonyl (C=O) groups excluding carboxylic acids is 3. The SMILES string of the molecule is Cc1ccc(C)c(NC(=O)C(C)Sc2ccc(NC(=O)/C(=C/c3ccccc3C)NC(=O)c3ccccc3)cc2)c1. The predicted octanol–water partition coefficient (Wildman–Crippen LogP) is 7.14. The first kappa shape index (κ1) is 29.4. The van der Waals surface area contributed by atoms with E-state index in [1.165, 1.54) is 11.8 Å². The minimum absolute atomic E-state index is 0.0822. The van der Waals surface area contributed by atoms with Crippen LogP contribution in [0, 0.1) is 20.8 Å². The average molecular weight is 564 g/mol. The summed E-state index contributed by atoms with van der Waals surface area (Å²) in [4.78, 5) is 39.9. The van der Waals surface area contributed by atoms with Gasteiger partial charge in [-0.3, -0.25) is 14.4 Å². The molecule has 0 saturated heterocycles. The molecule has 3 N–H and O–H groups in total. The Hall–Kier alpha value is -4.62. The van der Waals surface area contributed by atoms with Gasteiger partial charge in [-0.05, 0) is 98.5 Å². The molecule has 0 saturated carbocycles. The van der Waals surface area contributed by atoms with Crippen LogP contribution in [-0.2, 0) is 9.59 Å². The topological polar surface area (TPSA) is 87.3 Å². The maximum atomic E-state index is 13.3. The molecule has 7 heteroatoms. The molecule has 0 aromatic heterocycles. The van der Waals surface area contributed by atoms with Crippen LogP contribution in [0.5, 0.6) is 0 Å². The lowest BCUT2D eigenvalue weighted by atomic mass is 10.1. The normalized spacial score (nSPS) is 11.9. The van der Waals surface area contributed by atoms with Gasteiger partial charge in [-0.1, -0.05) is 54.6 Å². The number of aryl methyl sites for hydroxylation is 3. The zero-order valence-corrected chi connectivity index (χ0v) is 24.3. The molecule has 1 atom stereocenters. The lowest BCUT2D eigenvalue weighted by Gasteiger charge is -2.15. The Bertz CT molecular complexity index is 1580. The fourth-order valence-corrected chi connectivity index (χ4v) is 4.89. The number of nitrogens with one attached hydrogen (secondary N) is 3. The highest BCUT2D eigenvalue weighted by Crippen LogP contribution is 2.27. The monoisotopic (exact) mass is 563 g/mol. The third-order valence-corrected chi connectivity index (χ3v) is 7.57. The van der Waals surface area contributed by atoms with Crippen LogP contribution in [0.4, 0.5) is 11.4 Å². The van der Waals surface area contributed by atoms with Crippen LogP contribution >= 0.6 is 11.8 Å². The standard InChI is InChI=1S/C34H33N3O3S/c1-22-14-15-24(3)30(20-22)36-32(38)25(4)41-29-18-16-28(17-19-29)35-34(40)31(21-27-13-9-8-10-23(27)2)37-33(39)26-11-6-5-7-12-26/h5-21,25H,1-4H3,(H,35,40)(H,36,38)(H,37,39)/b31-21-. The van der Waals surface area contributed by atoms with Crippen molar-refractivity contribution in [3.8, 4) is 0 Å². The van der Waals surface area contributed by atoms with Gasteiger partial charge in [-0.15, -0.1) is 11.8 Å². The van der Waals surface area contributed by atoms with Crippen molar-refractivity contribution >= 4 is 46.9 Å². The Kier molecular flexibility index (Phi) is 9.77. The second-order valence-corrected chi connectivity index (χ2v) is 11.2. The van der Waals surface area contributed by atoms with Gasteiger partial charge >= 0.3 is 0 Å². The molecule has 6 nitrogen and oxygen atoms in total. The van der Waals surface area contributed by atoms with E-state index in [2.05, 4.69) is 16.0 Å². The fourth-order valence-electron chi connectivity index (χ4n) is 4.02. The van der Waals surface area contributed by atoms with E-state index >= 15 is 0 Å². The molecule has 0 heterocycles. The number of hydrogen-bond donors (Lipinski definition) is 3. The third kappa shape index (κ3) is 8.19. The highest BCUT2D eigenvalue weighted by molar-refractivity contribution is 8.00. The van der Waals surface area contributed by atoms with Crippen LogP contribution in [0.25, 0.3) is 6.08 Å². The second kappa shape index (κ2) is 13.6. The van der Waals surface area contributed by atoms with Gasteiger partial charge in [0, 0.05) is 21.8 Å². The van der Waals surface area contributed by atoms with Gasteiger partial charge in [0.05, 0.1) is 5.25 Å². The predicted molar refractivity (Wildman–Crippen MR) is 168 cm³/mol.